The maximum absolute atomic E-state index is 9.92. The summed E-state index contributed by atoms with van der Waals surface area (Å²) in [5, 5.41) is 9.92. The van der Waals surface area contributed by atoms with Gasteiger partial charge in [-0.05, 0) is 25.7 Å². The standard InChI is InChI=1S/C9H18O3/c1-11-6-2-4-9(10)5-3-7-12-8-9/h10H,2-8H2,1H3. The Labute approximate surface area is 73.7 Å². The SMILES string of the molecule is COCCCC1(O)CCCOC1. The van der Waals surface area contributed by atoms with E-state index in [4.69, 9.17) is 9.47 Å². The van der Waals surface area contributed by atoms with E-state index < -0.39 is 5.60 Å². The summed E-state index contributed by atoms with van der Waals surface area (Å²) in [4.78, 5) is 0. The van der Waals surface area contributed by atoms with E-state index in [1.54, 1.807) is 7.11 Å². The normalized spacial score (nSPS) is 30.5. The third kappa shape index (κ3) is 3.09. The quantitative estimate of drug-likeness (QED) is 0.645. The van der Waals surface area contributed by atoms with Crippen LogP contribution in [0.25, 0.3) is 0 Å². The van der Waals surface area contributed by atoms with Crippen LogP contribution in [0, 0.1) is 0 Å². The molecule has 1 rings (SSSR count). The third-order valence-corrected chi connectivity index (χ3v) is 2.29. The van der Waals surface area contributed by atoms with Crippen LogP contribution in [0.3, 0.4) is 0 Å². The summed E-state index contributed by atoms with van der Waals surface area (Å²) in [7, 11) is 1.68. The average molecular weight is 174 g/mol. The van der Waals surface area contributed by atoms with Gasteiger partial charge in [-0.2, -0.15) is 0 Å². The summed E-state index contributed by atoms with van der Waals surface area (Å²) in [6.07, 6.45) is 3.55. The van der Waals surface area contributed by atoms with Gasteiger partial charge in [0.1, 0.15) is 0 Å². The van der Waals surface area contributed by atoms with Crippen LogP contribution < -0.4 is 0 Å². The molecule has 1 heterocycles. The van der Waals surface area contributed by atoms with Crippen molar-refractivity contribution >= 4 is 0 Å². The van der Waals surface area contributed by atoms with Crippen molar-refractivity contribution in [2.75, 3.05) is 26.9 Å². The van der Waals surface area contributed by atoms with Crippen LogP contribution >= 0.6 is 0 Å². The molecule has 1 atom stereocenters. The van der Waals surface area contributed by atoms with Crippen LogP contribution in [-0.2, 0) is 9.47 Å². The highest BCUT2D eigenvalue weighted by atomic mass is 16.5. The summed E-state index contributed by atoms with van der Waals surface area (Å²) in [5.41, 5.74) is -0.573. The molecule has 0 aromatic carbocycles. The van der Waals surface area contributed by atoms with Crippen molar-refractivity contribution in [2.24, 2.45) is 0 Å². The lowest BCUT2D eigenvalue weighted by Crippen LogP contribution is -2.38. The van der Waals surface area contributed by atoms with Crippen molar-refractivity contribution in [3.63, 3.8) is 0 Å². The Bertz CT molecular complexity index is 119. The summed E-state index contributed by atoms with van der Waals surface area (Å²) in [5.74, 6) is 0. The Hall–Kier alpha value is -0.120. The highest BCUT2D eigenvalue weighted by Crippen LogP contribution is 2.23. The topological polar surface area (TPSA) is 38.7 Å². The molecule has 12 heavy (non-hydrogen) atoms. The van der Waals surface area contributed by atoms with Gasteiger partial charge < -0.3 is 14.6 Å². The van der Waals surface area contributed by atoms with Gasteiger partial charge in [0.2, 0.25) is 0 Å². The number of hydrogen-bond donors (Lipinski definition) is 1. The highest BCUT2D eigenvalue weighted by molar-refractivity contribution is 4.80. The fraction of sp³-hybridized carbons (Fsp3) is 1.00. The van der Waals surface area contributed by atoms with Crippen molar-refractivity contribution < 1.29 is 14.6 Å². The number of rotatable bonds is 4. The van der Waals surface area contributed by atoms with Crippen molar-refractivity contribution in [3.05, 3.63) is 0 Å². The monoisotopic (exact) mass is 174 g/mol. The molecule has 1 fully saturated rings. The minimum absolute atomic E-state index is 0.497. The minimum Gasteiger partial charge on any atom is -0.387 e. The minimum atomic E-state index is -0.573. The lowest BCUT2D eigenvalue weighted by molar-refractivity contribution is -0.0922. The highest BCUT2D eigenvalue weighted by Gasteiger charge is 2.29. The van der Waals surface area contributed by atoms with Crippen molar-refractivity contribution in [2.45, 2.75) is 31.3 Å². The number of hydrogen-bond acceptors (Lipinski definition) is 3. The molecule has 1 N–H and O–H groups in total. The van der Waals surface area contributed by atoms with Gasteiger partial charge >= 0.3 is 0 Å². The maximum Gasteiger partial charge on any atom is 0.0881 e. The summed E-state index contributed by atoms with van der Waals surface area (Å²) in [6, 6.07) is 0. The van der Waals surface area contributed by atoms with Crippen molar-refractivity contribution in [3.8, 4) is 0 Å². The van der Waals surface area contributed by atoms with E-state index in [0.717, 1.165) is 38.9 Å². The number of ether oxygens (including phenoxy) is 2. The molecule has 72 valence electrons. The summed E-state index contributed by atoms with van der Waals surface area (Å²) in [6.45, 7) is 2.02. The molecule has 0 aliphatic carbocycles. The molecule has 0 radical (unpaired) electrons. The molecular weight excluding hydrogens is 156 g/mol. The van der Waals surface area contributed by atoms with Crippen LogP contribution in [0.1, 0.15) is 25.7 Å². The lowest BCUT2D eigenvalue weighted by atomic mass is 9.92. The van der Waals surface area contributed by atoms with Crippen LogP contribution in [0.15, 0.2) is 0 Å². The second-order valence-electron chi connectivity index (χ2n) is 3.48. The van der Waals surface area contributed by atoms with Gasteiger partial charge in [-0.25, -0.2) is 0 Å². The van der Waals surface area contributed by atoms with Crippen molar-refractivity contribution in [1.29, 1.82) is 0 Å². The molecule has 3 nitrogen and oxygen atoms in total. The Morgan fingerprint density at radius 3 is 3.00 bits per heavy atom. The van der Waals surface area contributed by atoms with E-state index >= 15 is 0 Å². The summed E-state index contributed by atoms with van der Waals surface area (Å²) >= 11 is 0. The van der Waals surface area contributed by atoms with E-state index in [1.165, 1.54) is 0 Å². The molecule has 0 amide bonds. The molecule has 0 saturated carbocycles. The lowest BCUT2D eigenvalue weighted by Gasteiger charge is -2.31. The Morgan fingerprint density at radius 2 is 2.42 bits per heavy atom. The van der Waals surface area contributed by atoms with Crippen molar-refractivity contribution in [1.82, 2.24) is 0 Å². The molecule has 0 aromatic rings. The van der Waals surface area contributed by atoms with E-state index in [9.17, 15) is 5.11 Å². The molecular formula is C9H18O3. The Balaban J connectivity index is 2.17. The van der Waals surface area contributed by atoms with Gasteiger partial charge in [-0.15, -0.1) is 0 Å². The van der Waals surface area contributed by atoms with E-state index in [1.807, 2.05) is 0 Å². The maximum atomic E-state index is 9.92. The second-order valence-corrected chi connectivity index (χ2v) is 3.48. The Morgan fingerprint density at radius 1 is 1.58 bits per heavy atom. The van der Waals surface area contributed by atoms with Crippen LogP contribution in [0.4, 0.5) is 0 Å². The molecule has 1 aliphatic rings. The molecule has 1 aliphatic heterocycles. The van der Waals surface area contributed by atoms with Gasteiger partial charge in [0, 0.05) is 20.3 Å². The van der Waals surface area contributed by atoms with E-state index in [-0.39, 0.29) is 0 Å². The first-order valence-corrected chi connectivity index (χ1v) is 4.56. The molecule has 0 aromatic heterocycles. The van der Waals surface area contributed by atoms with Crippen LogP contribution in [0.5, 0.6) is 0 Å². The van der Waals surface area contributed by atoms with Gasteiger partial charge in [0.05, 0.1) is 12.2 Å². The van der Waals surface area contributed by atoms with Crippen LogP contribution in [0.2, 0.25) is 0 Å². The van der Waals surface area contributed by atoms with Gasteiger partial charge in [0.25, 0.3) is 0 Å². The second kappa shape index (κ2) is 4.80. The average Bonchev–Trinajstić information content (AvgIpc) is 2.06. The Kier molecular flexibility index (Phi) is 3.98. The zero-order chi connectivity index (χ0) is 8.86. The smallest absolute Gasteiger partial charge is 0.0881 e. The van der Waals surface area contributed by atoms with Gasteiger partial charge in [-0.1, -0.05) is 0 Å². The molecule has 1 saturated heterocycles. The predicted molar refractivity (Wildman–Crippen MR) is 46.1 cm³/mol. The first kappa shape index (κ1) is 9.96. The van der Waals surface area contributed by atoms with Crippen LogP contribution in [-0.4, -0.2) is 37.6 Å². The molecule has 1 unspecified atom stereocenters. The third-order valence-electron chi connectivity index (χ3n) is 2.29. The van der Waals surface area contributed by atoms with E-state index in [0.29, 0.717) is 6.61 Å². The fourth-order valence-corrected chi connectivity index (χ4v) is 1.58. The number of methoxy groups -OCH3 is 1. The van der Waals surface area contributed by atoms with Gasteiger partial charge in [0.15, 0.2) is 0 Å². The first-order valence-electron chi connectivity index (χ1n) is 4.56. The van der Waals surface area contributed by atoms with Gasteiger partial charge in [-0.3, -0.25) is 0 Å². The predicted octanol–water partition coefficient (Wildman–Crippen LogP) is 0.954. The zero-order valence-corrected chi connectivity index (χ0v) is 7.71. The molecule has 0 spiro atoms. The first-order chi connectivity index (χ1) is 5.77. The molecule has 0 bridgehead atoms. The molecule has 3 heteroatoms. The van der Waals surface area contributed by atoms with E-state index in [2.05, 4.69) is 0 Å². The fourth-order valence-electron chi connectivity index (χ4n) is 1.58. The zero-order valence-electron chi connectivity index (χ0n) is 7.71. The number of aliphatic hydroxyl groups is 1. The summed E-state index contributed by atoms with van der Waals surface area (Å²) < 4.78 is 10.2. The largest absolute Gasteiger partial charge is 0.387 e.